The molecule has 4 rings (SSSR count). The number of hydrogen-bond acceptors (Lipinski definition) is 2. The van der Waals surface area contributed by atoms with Crippen molar-refractivity contribution in [2.45, 2.75) is 18.4 Å². The molecule has 1 aromatic carbocycles. The predicted octanol–water partition coefficient (Wildman–Crippen LogP) is 1.59. The lowest BCUT2D eigenvalue weighted by molar-refractivity contribution is 0.0674. The average molecular weight is 385 g/mol. The Hall–Kier alpha value is -0.820. The van der Waals surface area contributed by atoms with Gasteiger partial charge < -0.3 is 15.4 Å². The maximum Gasteiger partial charge on any atom is 0.191 e. The standard InChI is InChI=1S/C15H19N3O.HI/c16-15(18-5-7-19-8-6-18)17-14-12-9-10-3-1-2-4-11(10)13(12)14;/h1-4,12-14H,5-9H2,(H2,16,17);1H. The lowest BCUT2D eigenvalue weighted by Gasteiger charge is -2.27. The molecule has 108 valence electrons. The number of nitrogens with zero attached hydrogens (tertiary/aromatic N) is 2. The van der Waals surface area contributed by atoms with Crippen molar-refractivity contribution < 1.29 is 4.74 Å². The molecule has 3 atom stereocenters. The van der Waals surface area contributed by atoms with Crippen LogP contribution in [0.25, 0.3) is 0 Å². The van der Waals surface area contributed by atoms with Crippen LogP contribution < -0.4 is 5.73 Å². The summed E-state index contributed by atoms with van der Waals surface area (Å²) in [6.07, 6.45) is 1.17. The second kappa shape index (κ2) is 5.52. The SMILES string of the molecule is I.NC(=NC1C2Cc3ccccc3C21)N1CCOCC1. The summed E-state index contributed by atoms with van der Waals surface area (Å²) in [4.78, 5) is 6.90. The Morgan fingerprint density at radius 3 is 2.80 bits per heavy atom. The van der Waals surface area contributed by atoms with Crippen molar-refractivity contribution in [2.24, 2.45) is 16.6 Å². The Morgan fingerprint density at radius 1 is 1.25 bits per heavy atom. The summed E-state index contributed by atoms with van der Waals surface area (Å²) in [6.45, 7) is 3.26. The van der Waals surface area contributed by atoms with Crippen LogP contribution in [0.1, 0.15) is 17.0 Å². The van der Waals surface area contributed by atoms with Crippen molar-refractivity contribution in [2.75, 3.05) is 26.3 Å². The summed E-state index contributed by atoms with van der Waals surface area (Å²) in [5.74, 6) is 2.02. The monoisotopic (exact) mass is 385 g/mol. The van der Waals surface area contributed by atoms with E-state index in [-0.39, 0.29) is 24.0 Å². The largest absolute Gasteiger partial charge is 0.378 e. The first kappa shape index (κ1) is 14.1. The predicted molar refractivity (Wildman–Crippen MR) is 89.6 cm³/mol. The number of benzene rings is 1. The van der Waals surface area contributed by atoms with Crippen LogP contribution in [0.3, 0.4) is 0 Å². The fourth-order valence-corrected chi connectivity index (χ4v) is 3.52. The highest BCUT2D eigenvalue weighted by Gasteiger charge is 2.56. The van der Waals surface area contributed by atoms with E-state index in [0.29, 0.717) is 23.8 Å². The molecule has 4 nitrogen and oxygen atoms in total. The van der Waals surface area contributed by atoms with Crippen molar-refractivity contribution >= 4 is 29.9 Å². The number of hydrogen-bond donors (Lipinski definition) is 1. The number of rotatable bonds is 1. The molecule has 5 heteroatoms. The Kier molecular flexibility index (Phi) is 3.90. The number of ether oxygens (including phenoxy) is 1. The van der Waals surface area contributed by atoms with Gasteiger partial charge in [0.25, 0.3) is 0 Å². The molecule has 1 saturated heterocycles. The highest BCUT2D eigenvalue weighted by atomic mass is 127. The minimum absolute atomic E-state index is 0. The maximum absolute atomic E-state index is 6.13. The molecule has 1 saturated carbocycles. The zero-order valence-electron chi connectivity index (χ0n) is 11.4. The number of guanidine groups is 1. The van der Waals surface area contributed by atoms with E-state index in [4.69, 9.17) is 15.5 Å². The van der Waals surface area contributed by atoms with E-state index in [9.17, 15) is 0 Å². The molecule has 1 aliphatic heterocycles. The number of aliphatic imine (C=N–C) groups is 1. The first-order valence-electron chi connectivity index (χ1n) is 7.08. The van der Waals surface area contributed by atoms with E-state index in [1.165, 1.54) is 17.5 Å². The van der Waals surface area contributed by atoms with Crippen LogP contribution in [0.2, 0.25) is 0 Å². The van der Waals surface area contributed by atoms with Gasteiger partial charge in [-0.25, -0.2) is 4.99 Å². The van der Waals surface area contributed by atoms with Gasteiger partial charge in [-0.3, -0.25) is 0 Å². The maximum atomic E-state index is 6.13. The van der Waals surface area contributed by atoms with E-state index in [0.717, 1.165) is 26.3 Å². The van der Waals surface area contributed by atoms with Crippen LogP contribution in [0, 0.1) is 5.92 Å². The molecule has 3 unspecified atom stereocenters. The number of morpholine rings is 1. The molecule has 0 amide bonds. The summed E-state index contributed by atoms with van der Waals surface area (Å²) >= 11 is 0. The molecule has 1 heterocycles. The van der Waals surface area contributed by atoms with Gasteiger partial charge in [-0.05, 0) is 23.5 Å². The second-order valence-electron chi connectivity index (χ2n) is 5.67. The van der Waals surface area contributed by atoms with Gasteiger partial charge in [-0.2, -0.15) is 0 Å². The van der Waals surface area contributed by atoms with E-state index in [2.05, 4.69) is 29.2 Å². The zero-order valence-corrected chi connectivity index (χ0v) is 13.7. The summed E-state index contributed by atoms with van der Waals surface area (Å²) < 4.78 is 5.34. The Bertz CT molecular complexity index is 528. The van der Waals surface area contributed by atoms with E-state index >= 15 is 0 Å². The van der Waals surface area contributed by atoms with Gasteiger partial charge in [0.2, 0.25) is 0 Å². The molecule has 2 N–H and O–H groups in total. The fraction of sp³-hybridized carbons (Fsp3) is 0.533. The molecule has 0 spiro atoms. The van der Waals surface area contributed by atoms with Crippen LogP contribution in [0.5, 0.6) is 0 Å². The van der Waals surface area contributed by atoms with Crippen molar-refractivity contribution in [3.63, 3.8) is 0 Å². The van der Waals surface area contributed by atoms with Crippen molar-refractivity contribution in [3.8, 4) is 0 Å². The molecule has 0 radical (unpaired) electrons. The number of fused-ring (bicyclic) bond motifs is 3. The smallest absolute Gasteiger partial charge is 0.191 e. The van der Waals surface area contributed by atoms with Crippen LogP contribution in [-0.4, -0.2) is 43.2 Å². The van der Waals surface area contributed by atoms with Crippen LogP contribution >= 0.6 is 24.0 Å². The minimum atomic E-state index is 0. The van der Waals surface area contributed by atoms with Crippen molar-refractivity contribution in [1.82, 2.24) is 4.90 Å². The lowest BCUT2D eigenvalue weighted by Crippen LogP contribution is -2.45. The van der Waals surface area contributed by atoms with E-state index in [1.54, 1.807) is 0 Å². The zero-order chi connectivity index (χ0) is 12.8. The average Bonchev–Trinajstić information content (AvgIpc) is 2.97. The lowest BCUT2D eigenvalue weighted by atomic mass is 10.1. The Balaban J connectivity index is 0.00000121. The third-order valence-corrected chi connectivity index (χ3v) is 4.61. The Morgan fingerprint density at radius 2 is 2.00 bits per heavy atom. The molecule has 1 aromatic rings. The third-order valence-electron chi connectivity index (χ3n) is 4.61. The molecule has 2 fully saturated rings. The molecular formula is C15H20IN3O. The van der Waals surface area contributed by atoms with E-state index in [1.807, 2.05) is 0 Å². The summed E-state index contributed by atoms with van der Waals surface area (Å²) in [5.41, 5.74) is 9.14. The van der Waals surface area contributed by atoms with Gasteiger partial charge in [0.15, 0.2) is 5.96 Å². The van der Waals surface area contributed by atoms with Gasteiger partial charge in [-0.15, -0.1) is 24.0 Å². The van der Waals surface area contributed by atoms with Gasteiger partial charge in [-0.1, -0.05) is 24.3 Å². The van der Waals surface area contributed by atoms with Crippen molar-refractivity contribution in [1.29, 1.82) is 0 Å². The molecule has 0 aromatic heterocycles. The van der Waals surface area contributed by atoms with Gasteiger partial charge >= 0.3 is 0 Å². The molecule has 20 heavy (non-hydrogen) atoms. The topological polar surface area (TPSA) is 50.8 Å². The molecule has 0 bridgehead atoms. The molecular weight excluding hydrogens is 365 g/mol. The summed E-state index contributed by atoms with van der Waals surface area (Å²) in [7, 11) is 0. The minimum Gasteiger partial charge on any atom is -0.378 e. The summed E-state index contributed by atoms with van der Waals surface area (Å²) in [6, 6.07) is 9.17. The first-order chi connectivity index (χ1) is 9.34. The molecule has 2 aliphatic carbocycles. The van der Waals surface area contributed by atoms with Crippen molar-refractivity contribution in [3.05, 3.63) is 35.4 Å². The van der Waals surface area contributed by atoms with E-state index < -0.39 is 0 Å². The van der Waals surface area contributed by atoms with Crippen LogP contribution in [0.15, 0.2) is 29.3 Å². The number of nitrogens with two attached hydrogens (primary N) is 1. The van der Waals surface area contributed by atoms with Crippen LogP contribution in [0.4, 0.5) is 0 Å². The Labute approximate surface area is 136 Å². The highest BCUT2D eigenvalue weighted by molar-refractivity contribution is 14.0. The fourth-order valence-electron chi connectivity index (χ4n) is 3.52. The highest BCUT2D eigenvalue weighted by Crippen LogP contribution is 2.58. The molecule has 3 aliphatic rings. The third kappa shape index (κ3) is 2.30. The van der Waals surface area contributed by atoms with Gasteiger partial charge in [0.1, 0.15) is 0 Å². The first-order valence-corrected chi connectivity index (χ1v) is 7.08. The normalized spacial score (nSPS) is 31.3. The quantitative estimate of drug-likeness (QED) is 0.454. The van der Waals surface area contributed by atoms with Crippen LogP contribution in [-0.2, 0) is 11.2 Å². The van der Waals surface area contributed by atoms with Gasteiger partial charge in [0, 0.05) is 19.0 Å². The van der Waals surface area contributed by atoms with Gasteiger partial charge in [0.05, 0.1) is 19.3 Å². The summed E-state index contributed by atoms with van der Waals surface area (Å²) in [5, 5.41) is 0. The number of halogens is 1. The second-order valence-corrected chi connectivity index (χ2v) is 5.67.